The van der Waals surface area contributed by atoms with Crippen molar-refractivity contribution in [3.63, 3.8) is 0 Å². The Bertz CT molecular complexity index is 295. The Morgan fingerprint density at radius 1 is 1.71 bits per heavy atom. The van der Waals surface area contributed by atoms with Gasteiger partial charge in [-0.2, -0.15) is 0 Å². The molecule has 1 heterocycles. The lowest BCUT2D eigenvalue weighted by Crippen LogP contribution is -2.30. The summed E-state index contributed by atoms with van der Waals surface area (Å²) in [6.07, 6.45) is 3.46. The molecule has 14 heavy (non-hydrogen) atoms. The average Bonchev–Trinajstić information content (AvgIpc) is 2.62. The molecule has 1 aromatic heterocycles. The van der Waals surface area contributed by atoms with Crippen LogP contribution in [0.5, 0.6) is 0 Å². The van der Waals surface area contributed by atoms with E-state index in [4.69, 9.17) is 0 Å². The number of aliphatic hydroxyl groups is 1. The zero-order chi connectivity index (χ0) is 9.97. The first-order valence-electron chi connectivity index (χ1n) is 5.25. The van der Waals surface area contributed by atoms with Crippen molar-refractivity contribution < 1.29 is 5.11 Å². The summed E-state index contributed by atoms with van der Waals surface area (Å²) in [5.74, 6) is 0. The minimum Gasteiger partial charge on any atom is -0.392 e. The average molecular weight is 211 g/mol. The van der Waals surface area contributed by atoms with E-state index in [-0.39, 0.29) is 6.10 Å². The molecule has 78 valence electrons. The number of nitrogens with one attached hydrogen (secondary N) is 1. The Hall–Kier alpha value is -0.380. The van der Waals surface area contributed by atoms with Crippen LogP contribution in [0.2, 0.25) is 0 Å². The largest absolute Gasteiger partial charge is 0.392 e. The molecule has 3 heteroatoms. The van der Waals surface area contributed by atoms with Gasteiger partial charge in [0.1, 0.15) is 0 Å². The Kier molecular flexibility index (Phi) is 3.21. The van der Waals surface area contributed by atoms with Crippen molar-refractivity contribution in [2.75, 3.05) is 6.54 Å². The molecule has 0 saturated carbocycles. The lowest BCUT2D eigenvalue weighted by Gasteiger charge is -2.24. The van der Waals surface area contributed by atoms with Gasteiger partial charge in [0.2, 0.25) is 0 Å². The highest BCUT2D eigenvalue weighted by atomic mass is 32.1. The van der Waals surface area contributed by atoms with Gasteiger partial charge in [-0.05, 0) is 43.2 Å². The Balaban J connectivity index is 2.01. The van der Waals surface area contributed by atoms with Gasteiger partial charge in [-0.15, -0.1) is 11.3 Å². The third-order valence-electron chi connectivity index (χ3n) is 2.71. The zero-order valence-corrected chi connectivity index (χ0v) is 9.31. The van der Waals surface area contributed by atoms with Crippen molar-refractivity contribution in [2.24, 2.45) is 0 Å². The maximum atomic E-state index is 9.22. The molecule has 1 unspecified atom stereocenters. The molecule has 2 nitrogen and oxygen atoms in total. The SMILES string of the molecule is C[C@H](O)CNC1CCCc2sccc21. The van der Waals surface area contributed by atoms with Gasteiger partial charge in [0.15, 0.2) is 0 Å². The molecule has 0 amide bonds. The van der Waals surface area contributed by atoms with Gasteiger partial charge in [0.05, 0.1) is 6.10 Å². The van der Waals surface area contributed by atoms with Gasteiger partial charge < -0.3 is 10.4 Å². The fourth-order valence-corrected chi connectivity index (χ4v) is 3.00. The van der Waals surface area contributed by atoms with Crippen LogP contribution in [0.25, 0.3) is 0 Å². The molecule has 1 aliphatic rings. The molecule has 0 fully saturated rings. The van der Waals surface area contributed by atoms with Crippen LogP contribution in [-0.4, -0.2) is 17.8 Å². The van der Waals surface area contributed by atoms with Gasteiger partial charge in [0, 0.05) is 17.5 Å². The zero-order valence-electron chi connectivity index (χ0n) is 8.49. The summed E-state index contributed by atoms with van der Waals surface area (Å²) < 4.78 is 0. The summed E-state index contributed by atoms with van der Waals surface area (Å²) in [6, 6.07) is 2.69. The Labute approximate surface area is 89.0 Å². The summed E-state index contributed by atoms with van der Waals surface area (Å²) in [5, 5.41) is 14.8. The molecule has 0 aliphatic heterocycles. The van der Waals surface area contributed by atoms with Crippen molar-refractivity contribution in [1.29, 1.82) is 0 Å². The minimum absolute atomic E-state index is 0.251. The molecule has 0 radical (unpaired) electrons. The van der Waals surface area contributed by atoms with Gasteiger partial charge in [-0.3, -0.25) is 0 Å². The molecular weight excluding hydrogens is 194 g/mol. The second kappa shape index (κ2) is 4.43. The fourth-order valence-electron chi connectivity index (χ4n) is 2.01. The predicted molar refractivity (Wildman–Crippen MR) is 59.7 cm³/mol. The number of hydrogen-bond donors (Lipinski definition) is 2. The molecule has 2 rings (SSSR count). The molecule has 1 aromatic rings. The summed E-state index contributed by atoms with van der Waals surface area (Å²) >= 11 is 1.86. The minimum atomic E-state index is -0.251. The van der Waals surface area contributed by atoms with Crippen molar-refractivity contribution >= 4 is 11.3 Å². The molecule has 0 spiro atoms. The van der Waals surface area contributed by atoms with Crippen molar-refractivity contribution in [1.82, 2.24) is 5.32 Å². The van der Waals surface area contributed by atoms with Crippen LogP contribution in [-0.2, 0) is 6.42 Å². The van der Waals surface area contributed by atoms with Crippen LogP contribution in [0.1, 0.15) is 36.2 Å². The highest BCUT2D eigenvalue weighted by molar-refractivity contribution is 7.10. The molecule has 0 aromatic carbocycles. The molecule has 2 N–H and O–H groups in total. The number of fused-ring (bicyclic) bond motifs is 1. The monoisotopic (exact) mass is 211 g/mol. The van der Waals surface area contributed by atoms with Crippen LogP contribution < -0.4 is 5.32 Å². The number of aliphatic hydroxyl groups excluding tert-OH is 1. The van der Waals surface area contributed by atoms with Gasteiger partial charge in [-0.1, -0.05) is 0 Å². The third kappa shape index (κ3) is 2.16. The van der Waals surface area contributed by atoms with E-state index in [0.717, 1.165) is 0 Å². The van der Waals surface area contributed by atoms with Crippen LogP contribution in [0.15, 0.2) is 11.4 Å². The number of thiophene rings is 1. The quantitative estimate of drug-likeness (QED) is 0.802. The highest BCUT2D eigenvalue weighted by Crippen LogP contribution is 2.32. The van der Waals surface area contributed by atoms with Crippen LogP contribution in [0, 0.1) is 0 Å². The molecular formula is C11H17NOS. The predicted octanol–water partition coefficient (Wildman–Crippen LogP) is 2.10. The fraction of sp³-hybridized carbons (Fsp3) is 0.636. The van der Waals surface area contributed by atoms with Crippen molar-refractivity contribution in [2.45, 2.75) is 38.3 Å². The van der Waals surface area contributed by atoms with E-state index in [1.165, 1.54) is 29.7 Å². The van der Waals surface area contributed by atoms with E-state index < -0.39 is 0 Å². The molecule has 2 atom stereocenters. The maximum Gasteiger partial charge on any atom is 0.0636 e. The van der Waals surface area contributed by atoms with Crippen LogP contribution >= 0.6 is 11.3 Å². The van der Waals surface area contributed by atoms with Crippen molar-refractivity contribution in [3.05, 3.63) is 21.9 Å². The maximum absolute atomic E-state index is 9.22. The van der Waals surface area contributed by atoms with E-state index in [9.17, 15) is 5.11 Å². The van der Waals surface area contributed by atoms with Crippen LogP contribution in [0.4, 0.5) is 0 Å². The smallest absolute Gasteiger partial charge is 0.0636 e. The Morgan fingerprint density at radius 3 is 3.36 bits per heavy atom. The summed E-state index contributed by atoms with van der Waals surface area (Å²) in [4.78, 5) is 1.53. The first-order chi connectivity index (χ1) is 6.77. The van der Waals surface area contributed by atoms with Crippen LogP contribution in [0.3, 0.4) is 0 Å². The first-order valence-corrected chi connectivity index (χ1v) is 6.13. The number of rotatable bonds is 3. The van der Waals surface area contributed by atoms with E-state index in [1.807, 2.05) is 18.3 Å². The molecule has 0 bridgehead atoms. The number of hydrogen-bond acceptors (Lipinski definition) is 3. The first kappa shape index (κ1) is 10.1. The van der Waals surface area contributed by atoms with E-state index in [0.29, 0.717) is 12.6 Å². The third-order valence-corrected chi connectivity index (χ3v) is 3.71. The van der Waals surface area contributed by atoms with E-state index in [2.05, 4.69) is 16.8 Å². The number of aryl methyl sites for hydroxylation is 1. The van der Waals surface area contributed by atoms with Gasteiger partial charge in [-0.25, -0.2) is 0 Å². The van der Waals surface area contributed by atoms with Gasteiger partial charge >= 0.3 is 0 Å². The molecule has 0 saturated heterocycles. The van der Waals surface area contributed by atoms with Gasteiger partial charge in [0.25, 0.3) is 0 Å². The topological polar surface area (TPSA) is 32.3 Å². The second-order valence-electron chi connectivity index (χ2n) is 4.00. The summed E-state index contributed by atoms with van der Waals surface area (Å²) in [5.41, 5.74) is 1.46. The summed E-state index contributed by atoms with van der Waals surface area (Å²) in [7, 11) is 0. The summed E-state index contributed by atoms with van der Waals surface area (Å²) in [6.45, 7) is 2.52. The highest BCUT2D eigenvalue weighted by Gasteiger charge is 2.20. The standard InChI is InChI=1S/C11H17NOS/c1-8(13)7-12-10-3-2-4-11-9(10)5-6-14-11/h5-6,8,10,12-13H,2-4,7H2,1H3/t8-,10?/m0/s1. The lowest BCUT2D eigenvalue weighted by molar-refractivity contribution is 0.184. The van der Waals surface area contributed by atoms with E-state index in [1.54, 1.807) is 0 Å². The lowest BCUT2D eigenvalue weighted by atomic mass is 9.94. The molecule has 1 aliphatic carbocycles. The van der Waals surface area contributed by atoms with E-state index >= 15 is 0 Å². The van der Waals surface area contributed by atoms with Crippen molar-refractivity contribution in [3.8, 4) is 0 Å². The second-order valence-corrected chi connectivity index (χ2v) is 5.00. The normalized spacial score (nSPS) is 23.1. The Morgan fingerprint density at radius 2 is 2.57 bits per heavy atom.